The minimum Gasteiger partial charge on any atom is -0.495 e. The van der Waals surface area contributed by atoms with Gasteiger partial charge in [0.05, 0.1) is 24.7 Å². The fourth-order valence-corrected chi connectivity index (χ4v) is 3.77. The number of anilines is 1. The average molecular weight is 445 g/mol. The van der Waals surface area contributed by atoms with E-state index in [4.69, 9.17) is 4.74 Å². The molecule has 3 aromatic rings. The summed E-state index contributed by atoms with van der Waals surface area (Å²) >= 11 is 0. The van der Waals surface area contributed by atoms with Crippen LogP contribution in [0.4, 0.5) is 10.5 Å². The molecule has 1 saturated heterocycles. The van der Waals surface area contributed by atoms with Gasteiger partial charge in [0.2, 0.25) is 5.91 Å². The van der Waals surface area contributed by atoms with Gasteiger partial charge in [-0.25, -0.2) is 9.69 Å². The topological polar surface area (TPSA) is 106 Å². The smallest absolute Gasteiger partial charge is 0.329 e. The molecule has 0 radical (unpaired) electrons. The number of carbonyl (C=O) groups excluding carboxylic acids is 3. The Kier molecular flexibility index (Phi) is 5.95. The number of methoxy groups -OCH3 is 1. The van der Waals surface area contributed by atoms with E-state index in [-0.39, 0.29) is 5.70 Å². The van der Waals surface area contributed by atoms with Gasteiger partial charge in [0.15, 0.2) is 0 Å². The van der Waals surface area contributed by atoms with Crippen LogP contribution in [0.3, 0.4) is 0 Å². The molecule has 1 aliphatic heterocycles. The Balaban J connectivity index is 1.52. The first-order valence-electron chi connectivity index (χ1n) is 10.3. The number of amides is 4. The van der Waals surface area contributed by atoms with Gasteiger partial charge in [-0.2, -0.15) is 0 Å². The first-order chi connectivity index (χ1) is 15.9. The van der Waals surface area contributed by atoms with E-state index in [1.165, 1.54) is 7.11 Å². The van der Waals surface area contributed by atoms with Gasteiger partial charge < -0.3 is 19.9 Å². The van der Waals surface area contributed by atoms with Gasteiger partial charge in [-0.1, -0.05) is 12.1 Å². The number of pyridine rings is 1. The van der Waals surface area contributed by atoms with Crippen molar-refractivity contribution in [2.75, 3.05) is 19.0 Å². The molecule has 0 spiro atoms. The first-order valence-corrected chi connectivity index (χ1v) is 10.3. The Hall–Kier alpha value is -4.40. The molecular weight excluding hydrogens is 422 g/mol. The molecule has 9 nitrogen and oxygen atoms in total. The largest absolute Gasteiger partial charge is 0.495 e. The van der Waals surface area contributed by atoms with E-state index in [2.05, 4.69) is 15.6 Å². The minimum atomic E-state index is -0.650. The second-order valence-corrected chi connectivity index (χ2v) is 7.50. The Morgan fingerprint density at radius 3 is 2.70 bits per heavy atom. The number of imide groups is 1. The fourth-order valence-electron chi connectivity index (χ4n) is 3.77. The molecule has 0 bridgehead atoms. The van der Waals surface area contributed by atoms with Gasteiger partial charge in [0, 0.05) is 17.6 Å². The quantitative estimate of drug-likeness (QED) is 0.448. The Morgan fingerprint density at radius 1 is 1.18 bits per heavy atom. The van der Waals surface area contributed by atoms with E-state index in [1.54, 1.807) is 42.7 Å². The number of hydrogen-bond acceptors (Lipinski definition) is 5. The van der Waals surface area contributed by atoms with Crippen molar-refractivity contribution in [3.63, 3.8) is 0 Å². The highest BCUT2D eigenvalue weighted by Crippen LogP contribution is 2.25. The minimum absolute atomic E-state index is 0.108. The molecule has 33 heavy (non-hydrogen) atoms. The summed E-state index contributed by atoms with van der Waals surface area (Å²) in [6.45, 7) is 3.45. The maximum Gasteiger partial charge on any atom is 0.329 e. The van der Waals surface area contributed by atoms with Crippen molar-refractivity contribution in [3.8, 4) is 11.4 Å². The summed E-state index contributed by atoms with van der Waals surface area (Å²) in [5, 5.41) is 5.23. The van der Waals surface area contributed by atoms with Crippen LogP contribution in [0.25, 0.3) is 11.8 Å². The van der Waals surface area contributed by atoms with E-state index >= 15 is 0 Å². The van der Waals surface area contributed by atoms with Crippen LogP contribution in [0.15, 0.2) is 60.6 Å². The summed E-state index contributed by atoms with van der Waals surface area (Å²) in [5.41, 5.74) is 4.08. The highest BCUT2D eigenvalue weighted by atomic mass is 16.5. The van der Waals surface area contributed by atoms with Crippen molar-refractivity contribution >= 4 is 29.6 Å². The number of para-hydroxylation sites is 2. The summed E-state index contributed by atoms with van der Waals surface area (Å²) in [6, 6.07) is 11.9. The van der Waals surface area contributed by atoms with Gasteiger partial charge in [-0.15, -0.1) is 0 Å². The number of hydrogen-bond donors (Lipinski definition) is 2. The van der Waals surface area contributed by atoms with E-state index in [1.807, 2.05) is 36.6 Å². The lowest BCUT2D eigenvalue weighted by molar-refractivity contribution is -0.127. The lowest BCUT2D eigenvalue weighted by atomic mass is 10.2. The predicted octanol–water partition coefficient (Wildman–Crippen LogP) is 3.03. The van der Waals surface area contributed by atoms with E-state index in [0.29, 0.717) is 11.4 Å². The number of rotatable bonds is 6. The summed E-state index contributed by atoms with van der Waals surface area (Å²) < 4.78 is 7.22. The van der Waals surface area contributed by atoms with E-state index in [0.717, 1.165) is 27.5 Å². The molecule has 0 saturated carbocycles. The number of aryl methyl sites for hydroxylation is 1. The van der Waals surface area contributed by atoms with Crippen molar-refractivity contribution in [2.45, 2.75) is 13.8 Å². The fraction of sp³-hybridized carbons (Fsp3) is 0.167. The monoisotopic (exact) mass is 445 g/mol. The Labute approximate surface area is 190 Å². The van der Waals surface area contributed by atoms with Crippen molar-refractivity contribution < 1.29 is 19.1 Å². The van der Waals surface area contributed by atoms with Crippen LogP contribution in [0.1, 0.15) is 17.0 Å². The van der Waals surface area contributed by atoms with E-state index in [9.17, 15) is 14.4 Å². The number of nitrogens with zero attached hydrogens (tertiary/aromatic N) is 3. The molecule has 1 aromatic carbocycles. The number of carbonyl (C=O) groups is 3. The van der Waals surface area contributed by atoms with Crippen LogP contribution < -0.4 is 15.4 Å². The number of ether oxygens (including phenoxy) is 1. The maximum atomic E-state index is 12.9. The highest BCUT2D eigenvalue weighted by molar-refractivity contribution is 6.16. The van der Waals surface area contributed by atoms with Crippen molar-refractivity contribution in [1.29, 1.82) is 0 Å². The molecular formula is C24H23N5O4. The summed E-state index contributed by atoms with van der Waals surface area (Å²) in [5.74, 6) is -0.604. The van der Waals surface area contributed by atoms with Crippen LogP contribution in [0.5, 0.6) is 5.75 Å². The Morgan fingerprint density at radius 2 is 1.97 bits per heavy atom. The summed E-state index contributed by atoms with van der Waals surface area (Å²) in [7, 11) is 1.49. The second kappa shape index (κ2) is 8.99. The summed E-state index contributed by atoms with van der Waals surface area (Å²) in [4.78, 5) is 42.8. The molecule has 0 unspecified atom stereocenters. The molecule has 0 atom stereocenters. The van der Waals surface area contributed by atoms with Gasteiger partial charge in [0.25, 0.3) is 5.91 Å². The lowest BCUT2D eigenvalue weighted by Crippen LogP contribution is -2.38. The van der Waals surface area contributed by atoms with Gasteiger partial charge in [-0.3, -0.25) is 14.6 Å². The Bertz CT molecular complexity index is 1260. The molecule has 4 amide bonds. The normalized spacial score (nSPS) is 14.5. The molecule has 4 rings (SSSR count). The third-order valence-electron chi connectivity index (χ3n) is 5.32. The number of urea groups is 1. The maximum absolute atomic E-state index is 12.9. The lowest BCUT2D eigenvalue weighted by Gasteiger charge is -2.13. The van der Waals surface area contributed by atoms with Gasteiger partial charge in [0.1, 0.15) is 18.0 Å². The number of nitrogens with one attached hydrogen (secondary N) is 2. The van der Waals surface area contributed by atoms with Crippen LogP contribution >= 0.6 is 0 Å². The summed E-state index contributed by atoms with van der Waals surface area (Å²) in [6.07, 6.45) is 5.07. The third kappa shape index (κ3) is 4.33. The van der Waals surface area contributed by atoms with Crippen LogP contribution in [0.2, 0.25) is 0 Å². The molecule has 2 aromatic heterocycles. The standard InChI is InChI=1S/C24H23N5O4/c1-15-11-17(16(2)29(15)18-7-6-10-25-13-18)12-20-23(31)28(24(32)27-20)14-22(30)26-19-8-4-5-9-21(19)33-3/h4-13H,14H2,1-3H3,(H,26,30)(H,27,32)/b20-12+. The number of benzene rings is 1. The van der Waals surface area contributed by atoms with Crippen LogP contribution in [0, 0.1) is 13.8 Å². The highest BCUT2D eigenvalue weighted by Gasteiger charge is 2.35. The third-order valence-corrected chi connectivity index (χ3v) is 5.32. The number of aromatic nitrogens is 2. The predicted molar refractivity (Wildman–Crippen MR) is 123 cm³/mol. The molecule has 9 heteroatoms. The second-order valence-electron chi connectivity index (χ2n) is 7.50. The van der Waals surface area contributed by atoms with Crippen molar-refractivity contribution in [2.24, 2.45) is 0 Å². The zero-order valence-corrected chi connectivity index (χ0v) is 18.5. The van der Waals surface area contributed by atoms with Crippen molar-refractivity contribution in [1.82, 2.24) is 19.8 Å². The molecule has 2 N–H and O–H groups in total. The first kappa shape index (κ1) is 21.8. The zero-order valence-electron chi connectivity index (χ0n) is 18.5. The van der Waals surface area contributed by atoms with Gasteiger partial charge in [-0.05, 0) is 55.8 Å². The SMILES string of the molecule is COc1ccccc1NC(=O)CN1C(=O)N/C(=C/c2cc(C)n(-c3cccnc3)c2C)C1=O. The molecule has 168 valence electrons. The van der Waals surface area contributed by atoms with E-state index < -0.39 is 24.4 Å². The van der Waals surface area contributed by atoms with Crippen molar-refractivity contribution in [3.05, 3.63) is 77.5 Å². The van der Waals surface area contributed by atoms with Gasteiger partial charge >= 0.3 is 6.03 Å². The molecule has 0 aliphatic carbocycles. The van der Waals surface area contributed by atoms with Crippen LogP contribution in [-0.4, -0.2) is 46.0 Å². The molecule has 1 aliphatic rings. The zero-order chi connectivity index (χ0) is 23.5. The molecule has 1 fully saturated rings. The average Bonchev–Trinajstić information content (AvgIpc) is 3.23. The van der Waals surface area contributed by atoms with Crippen LogP contribution in [-0.2, 0) is 9.59 Å². The molecule has 3 heterocycles.